The van der Waals surface area contributed by atoms with Crippen molar-refractivity contribution in [1.29, 1.82) is 0 Å². The van der Waals surface area contributed by atoms with Crippen LogP contribution in [0.1, 0.15) is 30.7 Å². The summed E-state index contributed by atoms with van der Waals surface area (Å²) in [5.41, 5.74) is 1.77. The van der Waals surface area contributed by atoms with E-state index < -0.39 is 0 Å². The third-order valence-corrected chi connectivity index (χ3v) is 5.27. The summed E-state index contributed by atoms with van der Waals surface area (Å²) in [6, 6.07) is 11.4. The molecule has 1 amide bonds. The fraction of sp³-hybridized carbons (Fsp3) is 0.409. The van der Waals surface area contributed by atoms with Crippen LogP contribution in [0.15, 0.2) is 36.4 Å². The van der Waals surface area contributed by atoms with Gasteiger partial charge >= 0.3 is 0 Å². The van der Waals surface area contributed by atoms with E-state index >= 15 is 0 Å². The number of nitrogens with one attached hydrogen (secondary N) is 1. The van der Waals surface area contributed by atoms with Crippen LogP contribution in [-0.4, -0.2) is 33.3 Å². The lowest BCUT2D eigenvalue weighted by Gasteiger charge is -2.22. The first kappa shape index (κ1) is 18.5. The maximum absolute atomic E-state index is 12.8. The topological polar surface area (TPSA) is 66.0 Å². The first-order chi connectivity index (χ1) is 13.7. The molecule has 148 valence electrons. The number of ether oxygens (including phenoxy) is 4. The lowest BCUT2D eigenvalue weighted by atomic mass is 9.90. The minimum absolute atomic E-state index is 0.0322. The van der Waals surface area contributed by atoms with Crippen LogP contribution in [0.25, 0.3) is 0 Å². The molecule has 28 heavy (non-hydrogen) atoms. The summed E-state index contributed by atoms with van der Waals surface area (Å²) >= 11 is 0. The van der Waals surface area contributed by atoms with Gasteiger partial charge in [-0.2, -0.15) is 0 Å². The Kier molecular flexibility index (Phi) is 5.28. The van der Waals surface area contributed by atoms with Crippen molar-refractivity contribution in [3.63, 3.8) is 0 Å². The lowest BCUT2D eigenvalue weighted by Crippen LogP contribution is -2.18. The van der Waals surface area contributed by atoms with Crippen molar-refractivity contribution in [3.8, 4) is 23.0 Å². The molecule has 1 fully saturated rings. The van der Waals surface area contributed by atoms with Crippen LogP contribution in [-0.2, 0) is 4.79 Å². The van der Waals surface area contributed by atoms with Crippen LogP contribution in [0, 0.1) is 5.92 Å². The average Bonchev–Trinajstić information content (AvgIpc) is 3.57. The molecule has 1 aliphatic heterocycles. The highest BCUT2D eigenvalue weighted by Crippen LogP contribution is 2.46. The quantitative estimate of drug-likeness (QED) is 0.783. The molecule has 0 bridgehead atoms. The molecule has 4 rings (SSSR count). The number of anilines is 1. The summed E-state index contributed by atoms with van der Waals surface area (Å²) < 4.78 is 21.9. The summed E-state index contributed by atoms with van der Waals surface area (Å²) in [5, 5.41) is 2.98. The molecular formula is C22H25NO5. The largest absolute Gasteiger partial charge is 0.497 e. The molecule has 2 aliphatic rings. The first-order valence-corrected chi connectivity index (χ1v) is 9.59. The smallest absolute Gasteiger partial charge is 0.225 e. The third-order valence-electron chi connectivity index (χ3n) is 5.27. The van der Waals surface area contributed by atoms with Crippen LogP contribution in [0.3, 0.4) is 0 Å². The van der Waals surface area contributed by atoms with Crippen LogP contribution in [0.5, 0.6) is 23.0 Å². The van der Waals surface area contributed by atoms with E-state index in [9.17, 15) is 4.79 Å². The molecule has 6 nitrogen and oxygen atoms in total. The van der Waals surface area contributed by atoms with E-state index in [-0.39, 0.29) is 11.8 Å². The Bertz CT molecular complexity index is 862. The van der Waals surface area contributed by atoms with Gasteiger partial charge in [-0.15, -0.1) is 0 Å². The van der Waals surface area contributed by atoms with Crippen molar-refractivity contribution >= 4 is 11.6 Å². The normalized spacial score (nSPS) is 16.2. The van der Waals surface area contributed by atoms with Gasteiger partial charge in [0.2, 0.25) is 5.91 Å². The second-order valence-corrected chi connectivity index (χ2v) is 7.17. The van der Waals surface area contributed by atoms with Gasteiger partial charge in [0.1, 0.15) is 24.7 Å². The van der Waals surface area contributed by atoms with Gasteiger partial charge in [-0.05, 0) is 54.5 Å². The molecule has 1 aliphatic carbocycles. The molecule has 1 atom stereocenters. The molecule has 0 saturated heterocycles. The van der Waals surface area contributed by atoms with Crippen LogP contribution >= 0.6 is 0 Å². The maximum Gasteiger partial charge on any atom is 0.225 e. The number of carbonyl (C=O) groups excluding carboxylic acids is 1. The molecule has 2 aromatic carbocycles. The predicted octanol–water partition coefficient (Wildman–Crippen LogP) is 4.00. The van der Waals surface area contributed by atoms with E-state index in [1.165, 1.54) is 0 Å². The Morgan fingerprint density at radius 1 is 1.07 bits per heavy atom. The minimum atomic E-state index is -0.0322. The lowest BCUT2D eigenvalue weighted by molar-refractivity contribution is -0.116. The van der Waals surface area contributed by atoms with E-state index in [1.807, 2.05) is 12.1 Å². The SMILES string of the molecule is COc1ccc(NC(=O)CC(c2ccc3c(c2)OCCO3)C2CC2)c(OC)c1. The van der Waals surface area contributed by atoms with Crippen molar-refractivity contribution in [3.05, 3.63) is 42.0 Å². The highest BCUT2D eigenvalue weighted by molar-refractivity contribution is 5.93. The van der Waals surface area contributed by atoms with Gasteiger partial charge in [0.05, 0.1) is 19.9 Å². The molecular weight excluding hydrogens is 358 g/mol. The second-order valence-electron chi connectivity index (χ2n) is 7.17. The summed E-state index contributed by atoms with van der Waals surface area (Å²) in [6.07, 6.45) is 2.72. The fourth-order valence-corrected chi connectivity index (χ4v) is 3.65. The van der Waals surface area contributed by atoms with Crippen LogP contribution in [0.4, 0.5) is 5.69 Å². The molecule has 1 saturated carbocycles. The number of rotatable bonds is 7. The molecule has 1 heterocycles. The van der Waals surface area contributed by atoms with Gasteiger partial charge in [0.15, 0.2) is 11.5 Å². The molecule has 0 aromatic heterocycles. The van der Waals surface area contributed by atoms with Crippen molar-refractivity contribution in [1.82, 2.24) is 0 Å². The third kappa shape index (κ3) is 4.01. The Morgan fingerprint density at radius 2 is 1.86 bits per heavy atom. The first-order valence-electron chi connectivity index (χ1n) is 9.59. The number of methoxy groups -OCH3 is 2. The number of benzene rings is 2. The Labute approximate surface area is 164 Å². The van der Waals surface area contributed by atoms with Gasteiger partial charge in [-0.1, -0.05) is 6.07 Å². The monoisotopic (exact) mass is 383 g/mol. The highest BCUT2D eigenvalue weighted by Gasteiger charge is 2.34. The zero-order valence-corrected chi connectivity index (χ0v) is 16.2. The number of carbonyl (C=O) groups is 1. The summed E-state index contributed by atoms with van der Waals surface area (Å²) in [6.45, 7) is 1.13. The number of hydrogen-bond donors (Lipinski definition) is 1. The predicted molar refractivity (Wildman–Crippen MR) is 106 cm³/mol. The second kappa shape index (κ2) is 8.00. The van der Waals surface area contributed by atoms with E-state index in [0.29, 0.717) is 42.7 Å². The molecule has 0 spiro atoms. The van der Waals surface area contributed by atoms with Crippen molar-refractivity contribution < 1.29 is 23.7 Å². The molecule has 2 aromatic rings. The van der Waals surface area contributed by atoms with Crippen LogP contribution < -0.4 is 24.3 Å². The fourth-order valence-electron chi connectivity index (χ4n) is 3.65. The minimum Gasteiger partial charge on any atom is -0.497 e. The van der Waals surface area contributed by atoms with E-state index in [4.69, 9.17) is 18.9 Å². The number of hydrogen-bond acceptors (Lipinski definition) is 5. The maximum atomic E-state index is 12.8. The van der Waals surface area contributed by atoms with Crippen molar-refractivity contribution in [2.24, 2.45) is 5.92 Å². The molecule has 1 unspecified atom stereocenters. The Balaban J connectivity index is 1.49. The van der Waals surface area contributed by atoms with E-state index in [1.54, 1.807) is 32.4 Å². The average molecular weight is 383 g/mol. The summed E-state index contributed by atoms with van der Waals surface area (Å²) in [4.78, 5) is 12.8. The van der Waals surface area contributed by atoms with Gasteiger partial charge in [-0.25, -0.2) is 0 Å². The van der Waals surface area contributed by atoms with Gasteiger partial charge in [0, 0.05) is 12.5 Å². The van der Waals surface area contributed by atoms with Crippen LogP contribution in [0.2, 0.25) is 0 Å². The van der Waals surface area contributed by atoms with Gasteiger partial charge < -0.3 is 24.3 Å². The van der Waals surface area contributed by atoms with E-state index in [0.717, 1.165) is 29.9 Å². The molecule has 1 N–H and O–H groups in total. The Hall–Kier alpha value is -2.89. The number of fused-ring (bicyclic) bond motifs is 1. The standard InChI is InChI=1S/C22H25NO5/c1-25-16-6-7-18(20(12-16)26-2)23-22(24)13-17(14-3-4-14)15-5-8-19-21(11-15)28-10-9-27-19/h5-8,11-12,14,17H,3-4,9-10,13H2,1-2H3,(H,23,24). The van der Waals surface area contributed by atoms with E-state index in [2.05, 4.69) is 11.4 Å². The van der Waals surface area contributed by atoms with Crippen molar-refractivity contribution in [2.75, 3.05) is 32.8 Å². The van der Waals surface area contributed by atoms with Gasteiger partial charge in [-0.3, -0.25) is 4.79 Å². The highest BCUT2D eigenvalue weighted by atomic mass is 16.6. The summed E-state index contributed by atoms with van der Waals surface area (Å²) in [5.74, 6) is 3.47. The van der Waals surface area contributed by atoms with Crippen molar-refractivity contribution in [2.45, 2.75) is 25.2 Å². The zero-order valence-electron chi connectivity index (χ0n) is 16.2. The molecule has 6 heteroatoms. The number of amides is 1. The van der Waals surface area contributed by atoms with Gasteiger partial charge in [0.25, 0.3) is 0 Å². The summed E-state index contributed by atoms with van der Waals surface area (Å²) in [7, 11) is 3.17. The molecule has 0 radical (unpaired) electrons. The Morgan fingerprint density at radius 3 is 2.57 bits per heavy atom. The zero-order chi connectivity index (χ0) is 19.5.